The van der Waals surface area contributed by atoms with Gasteiger partial charge in [-0.15, -0.1) is 0 Å². The molecule has 74 valence electrons. The van der Waals surface area contributed by atoms with Crippen molar-refractivity contribution in [1.29, 1.82) is 0 Å². The second-order valence-corrected chi connectivity index (χ2v) is 3.16. The number of hydrogen-bond donors (Lipinski definition) is 1. The van der Waals surface area contributed by atoms with Crippen LogP contribution in [0.3, 0.4) is 0 Å². The van der Waals surface area contributed by atoms with Crippen LogP contribution in [-0.2, 0) is 24.0 Å². The first-order valence-corrected chi connectivity index (χ1v) is 4.71. The van der Waals surface area contributed by atoms with Crippen molar-refractivity contribution in [2.45, 2.75) is 20.0 Å². The van der Waals surface area contributed by atoms with Crippen LogP contribution in [0.2, 0.25) is 0 Å². The number of rotatable bonds is 4. The summed E-state index contributed by atoms with van der Waals surface area (Å²) in [4.78, 5) is 10.8. The van der Waals surface area contributed by atoms with E-state index in [9.17, 15) is 13.2 Å². The predicted octanol–water partition coefficient (Wildman–Crippen LogP) is -1.49. The zero-order chi connectivity index (χ0) is 9.78. The summed E-state index contributed by atoms with van der Waals surface area (Å²) in [5, 5.41) is 4.51. The minimum absolute atomic E-state index is 0. The van der Waals surface area contributed by atoms with Crippen molar-refractivity contribution in [2.75, 3.05) is 6.61 Å². The molecule has 0 aliphatic rings. The maximum atomic E-state index is 10.8. The molecule has 0 aromatic heterocycles. The second-order valence-electron chi connectivity index (χ2n) is 1.98. The van der Waals surface area contributed by atoms with E-state index in [2.05, 4.69) is 14.1 Å². The molecule has 0 aliphatic carbocycles. The van der Waals surface area contributed by atoms with Crippen LogP contribution in [0.5, 0.6) is 0 Å². The van der Waals surface area contributed by atoms with E-state index < -0.39 is 22.4 Å². The normalized spacial score (nSPS) is 12.8. The van der Waals surface area contributed by atoms with Crippen LogP contribution in [0, 0.1) is 0 Å². The molecule has 0 aliphatic heterocycles. The molecule has 2 N–H and O–H groups in total. The molecule has 13 heavy (non-hydrogen) atoms. The van der Waals surface area contributed by atoms with Gasteiger partial charge in [-0.3, -0.25) is 0 Å². The summed E-state index contributed by atoms with van der Waals surface area (Å²) in [6.07, 6.45) is -1.19. The summed E-state index contributed by atoms with van der Waals surface area (Å²) in [5.41, 5.74) is 0. The monoisotopic (exact) mass is 205 g/mol. The van der Waals surface area contributed by atoms with E-state index in [1.165, 1.54) is 6.92 Å². The Bertz CT molecular complexity index is 252. The molecule has 0 heterocycles. The SMILES string of the molecule is CCOC(=O)C(C)OS(N)(=O)=O.[LiH]. The first kappa shape index (κ1) is 15.4. The Morgan fingerprint density at radius 2 is 2.00 bits per heavy atom. The van der Waals surface area contributed by atoms with Gasteiger partial charge in [0.2, 0.25) is 0 Å². The number of nitrogens with two attached hydrogens (primary N) is 1. The Labute approximate surface area is 89.2 Å². The van der Waals surface area contributed by atoms with Crippen LogP contribution < -0.4 is 5.14 Å². The van der Waals surface area contributed by atoms with Crippen molar-refractivity contribution in [3.05, 3.63) is 0 Å². The molecule has 0 bridgehead atoms. The average molecular weight is 205 g/mol. The van der Waals surface area contributed by atoms with E-state index in [1.807, 2.05) is 0 Å². The van der Waals surface area contributed by atoms with Gasteiger partial charge >= 0.3 is 35.1 Å². The standard InChI is InChI=1S/C5H11NO5S.Li.H/c1-3-10-5(7)4(2)11-12(6,8)9;;/h4H,3H2,1-2H3,(H2,6,8,9);;. The Kier molecular flexibility index (Phi) is 7.59. The van der Waals surface area contributed by atoms with Crippen molar-refractivity contribution in [3.8, 4) is 0 Å². The average Bonchev–Trinajstić information content (AvgIpc) is 1.84. The molecule has 0 fully saturated rings. The Morgan fingerprint density at radius 1 is 1.54 bits per heavy atom. The van der Waals surface area contributed by atoms with Gasteiger partial charge in [-0.1, -0.05) is 0 Å². The molecule has 1 unspecified atom stereocenters. The maximum absolute atomic E-state index is 10.8. The summed E-state index contributed by atoms with van der Waals surface area (Å²) in [6, 6.07) is 0. The third-order valence-corrected chi connectivity index (χ3v) is 1.45. The fraction of sp³-hybridized carbons (Fsp3) is 0.800. The van der Waals surface area contributed by atoms with Gasteiger partial charge in [-0.2, -0.15) is 8.42 Å². The fourth-order valence-electron chi connectivity index (χ4n) is 0.500. The second kappa shape index (κ2) is 6.40. The molecule has 0 rings (SSSR count). The third kappa shape index (κ3) is 8.27. The quantitative estimate of drug-likeness (QED) is 0.445. The molecule has 6 nitrogen and oxygen atoms in total. The third-order valence-electron chi connectivity index (χ3n) is 0.897. The van der Waals surface area contributed by atoms with E-state index in [4.69, 9.17) is 0 Å². The van der Waals surface area contributed by atoms with Gasteiger partial charge in [-0.05, 0) is 13.8 Å². The van der Waals surface area contributed by atoms with Crippen molar-refractivity contribution < 1.29 is 22.1 Å². The number of carbonyl (C=O) groups excluding carboxylic acids is 1. The molecule has 0 aromatic carbocycles. The van der Waals surface area contributed by atoms with Crippen molar-refractivity contribution in [2.24, 2.45) is 5.14 Å². The van der Waals surface area contributed by atoms with Gasteiger partial charge in [0.25, 0.3) is 0 Å². The van der Waals surface area contributed by atoms with Gasteiger partial charge < -0.3 is 4.74 Å². The van der Waals surface area contributed by atoms with E-state index in [0.717, 1.165) is 0 Å². The first-order chi connectivity index (χ1) is 5.37. The van der Waals surface area contributed by atoms with Gasteiger partial charge in [-0.25, -0.2) is 14.1 Å². The Morgan fingerprint density at radius 3 is 2.31 bits per heavy atom. The number of hydrogen-bond acceptors (Lipinski definition) is 5. The van der Waals surface area contributed by atoms with Crippen LogP contribution in [0.1, 0.15) is 13.8 Å². The zero-order valence-electron chi connectivity index (χ0n) is 6.81. The fourth-order valence-corrected chi connectivity index (χ4v) is 0.981. The predicted molar refractivity (Wildman–Crippen MR) is 47.4 cm³/mol. The molecule has 8 heteroatoms. The van der Waals surface area contributed by atoms with Crippen LogP contribution in [0.15, 0.2) is 0 Å². The summed E-state index contributed by atoms with van der Waals surface area (Å²) in [5.74, 6) is -0.758. The summed E-state index contributed by atoms with van der Waals surface area (Å²) >= 11 is 0. The Hall–Kier alpha value is -0.0626. The van der Waals surface area contributed by atoms with Crippen LogP contribution in [-0.4, -0.2) is 46.0 Å². The van der Waals surface area contributed by atoms with E-state index in [1.54, 1.807) is 6.92 Å². The van der Waals surface area contributed by atoms with Crippen LogP contribution >= 0.6 is 0 Å². The van der Waals surface area contributed by atoms with E-state index in [-0.39, 0.29) is 25.5 Å². The zero-order valence-corrected chi connectivity index (χ0v) is 7.63. The van der Waals surface area contributed by atoms with E-state index in [0.29, 0.717) is 0 Å². The van der Waals surface area contributed by atoms with Crippen molar-refractivity contribution in [1.82, 2.24) is 0 Å². The van der Waals surface area contributed by atoms with Gasteiger partial charge in [0.15, 0.2) is 6.10 Å². The number of ether oxygens (including phenoxy) is 1. The molecule has 0 spiro atoms. The van der Waals surface area contributed by atoms with Gasteiger partial charge in [0, 0.05) is 0 Å². The van der Waals surface area contributed by atoms with Crippen LogP contribution in [0.4, 0.5) is 0 Å². The molecule has 0 radical (unpaired) electrons. The van der Waals surface area contributed by atoms with E-state index >= 15 is 0 Å². The summed E-state index contributed by atoms with van der Waals surface area (Å²) < 4.78 is 29.2. The van der Waals surface area contributed by atoms with Crippen molar-refractivity contribution in [3.63, 3.8) is 0 Å². The van der Waals surface area contributed by atoms with Gasteiger partial charge in [0.05, 0.1) is 6.61 Å². The summed E-state index contributed by atoms with van der Waals surface area (Å²) in [6.45, 7) is 3.00. The topological polar surface area (TPSA) is 95.7 Å². The van der Waals surface area contributed by atoms with Crippen LogP contribution in [0.25, 0.3) is 0 Å². The minimum atomic E-state index is -4.09. The molecule has 1 atom stereocenters. The molecule has 0 aromatic rings. The molecular weight excluding hydrogens is 193 g/mol. The number of carbonyl (C=O) groups is 1. The van der Waals surface area contributed by atoms with Crippen molar-refractivity contribution >= 4 is 35.1 Å². The summed E-state index contributed by atoms with van der Waals surface area (Å²) in [7, 11) is -4.09. The molecule has 0 saturated carbocycles. The molecule has 0 amide bonds. The Balaban J connectivity index is 0. The number of esters is 1. The molecular formula is C5H12LiNO5S. The first-order valence-electron chi connectivity index (χ1n) is 3.24. The molecule has 0 saturated heterocycles. The van der Waals surface area contributed by atoms with Gasteiger partial charge in [0.1, 0.15) is 0 Å².